The lowest BCUT2D eigenvalue weighted by molar-refractivity contribution is -0.901. The number of hydrogen-bond donors (Lipinski definition) is 2. The van der Waals surface area contributed by atoms with Gasteiger partial charge in [-0.2, -0.15) is 0 Å². The molecule has 1 saturated heterocycles. The van der Waals surface area contributed by atoms with Crippen molar-refractivity contribution in [2.75, 3.05) is 24.2 Å². The van der Waals surface area contributed by atoms with Crippen molar-refractivity contribution < 1.29 is 9.69 Å². The molecule has 4 rings (SSSR count). The number of benzene rings is 2. The molecule has 6 heteroatoms. The van der Waals surface area contributed by atoms with Crippen molar-refractivity contribution in [1.82, 2.24) is 4.98 Å². The second kappa shape index (κ2) is 8.20. The number of carbonyl (C=O) groups is 1. The summed E-state index contributed by atoms with van der Waals surface area (Å²) in [7, 11) is 0. The van der Waals surface area contributed by atoms with Gasteiger partial charge in [-0.25, -0.2) is 4.98 Å². The molecule has 2 aromatic carbocycles. The predicted octanol–water partition coefficient (Wildman–Crippen LogP) is 3.21. The Bertz CT molecular complexity index is 852. The second-order valence-electron chi connectivity index (χ2n) is 6.62. The lowest BCUT2D eigenvalue weighted by atomic mass is 10.2. The van der Waals surface area contributed by atoms with E-state index in [4.69, 9.17) is 0 Å². The number of carbonyl (C=O) groups excluding carboxylic acids is 1. The lowest BCUT2D eigenvalue weighted by Gasteiger charge is -2.12. The number of para-hydroxylation sites is 1. The van der Waals surface area contributed by atoms with Crippen LogP contribution in [0.5, 0.6) is 0 Å². The molecule has 0 aliphatic carbocycles. The lowest BCUT2D eigenvalue weighted by Crippen LogP contribution is -3.08. The number of nitrogens with zero attached hydrogens (tertiary/aromatic N) is 1. The first-order chi connectivity index (χ1) is 12.8. The van der Waals surface area contributed by atoms with Gasteiger partial charge in [0.2, 0.25) is 5.91 Å². The maximum Gasteiger partial charge on any atom is 0.234 e. The number of thioether (sulfide) groups is 1. The second-order valence-corrected chi connectivity index (χ2v) is 8.87. The van der Waals surface area contributed by atoms with Crippen LogP contribution in [-0.4, -0.2) is 29.7 Å². The molecule has 1 aromatic heterocycles. The molecule has 0 unspecified atom stereocenters. The normalized spacial score (nSPS) is 14.8. The smallest absolute Gasteiger partial charge is 0.234 e. The monoisotopic (exact) mass is 384 g/mol. The molecule has 2 heterocycles. The molecule has 0 bridgehead atoms. The van der Waals surface area contributed by atoms with Crippen LogP contribution in [0.25, 0.3) is 10.2 Å². The highest BCUT2D eigenvalue weighted by Gasteiger charge is 2.15. The Labute approximate surface area is 161 Å². The fourth-order valence-electron chi connectivity index (χ4n) is 3.28. The standard InChI is InChI=1S/C20H21N3OS2/c24-19(14-25-20-22-17-5-1-2-6-18(17)26-20)21-16-9-7-15(8-10-16)13-23-11-3-4-12-23/h1-2,5-10H,3-4,11-14H2,(H,21,24)/p+1. The average Bonchev–Trinajstić information content (AvgIpc) is 3.30. The quantitative estimate of drug-likeness (QED) is 0.642. The van der Waals surface area contributed by atoms with E-state index >= 15 is 0 Å². The first kappa shape index (κ1) is 17.5. The molecular formula is C20H22N3OS2+. The molecule has 1 aliphatic heterocycles. The van der Waals surface area contributed by atoms with E-state index in [0.29, 0.717) is 5.75 Å². The van der Waals surface area contributed by atoms with Gasteiger partial charge in [0.25, 0.3) is 0 Å². The number of fused-ring (bicyclic) bond motifs is 1. The summed E-state index contributed by atoms with van der Waals surface area (Å²) in [6.45, 7) is 3.64. The van der Waals surface area contributed by atoms with E-state index in [2.05, 4.69) is 28.5 Å². The summed E-state index contributed by atoms with van der Waals surface area (Å²) in [5.41, 5.74) is 3.19. The summed E-state index contributed by atoms with van der Waals surface area (Å²) in [6.07, 6.45) is 2.69. The highest BCUT2D eigenvalue weighted by atomic mass is 32.2. The molecule has 134 valence electrons. The largest absolute Gasteiger partial charge is 0.331 e. The number of amides is 1. The van der Waals surface area contributed by atoms with Gasteiger partial charge in [-0.15, -0.1) is 11.3 Å². The van der Waals surface area contributed by atoms with Crippen molar-refractivity contribution >= 4 is 44.9 Å². The third kappa shape index (κ3) is 4.44. The van der Waals surface area contributed by atoms with Gasteiger partial charge in [-0.05, 0) is 24.3 Å². The molecule has 4 nitrogen and oxygen atoms in total. The van der Waals surface area contributed by atoms with Crippen LogP contribution in [0.4, 0.5) is 5.69 Å². The van der Waals surface area contributed by atoms with Crippen molar-refractivity contribution in [3.05, 3.63) is 54.1 Å². The van der Waals surface area contributed by atoms with Gasteiger partial charge in [0, 0.05) is 24.1 Å². The molecule has 0 saturated carbocycles. The van der Waals surface area contributed by atoms with Crippen molar-refractivity contribution in [2.45, 2.75) is 23.7 Å². The Morgan fingerprint density at radius 1 is 1.12 bits per heavy atom. The molecule has 3 aromatic rings. The van der Waals surface area contributed by atoms with Gasteiger partial charge in [-0.3, -0.25) is 4.79 Å². The average molecular weight is 385 g/mol. The maximum atomic E-state index is 12.2. The van der Waals surface area contributed by atoms with Crippen LogP contribution < -0.4 is 10.2 Å². The topological polar surface area (TPSA) is 46.4 Å². The minimum Gasteiger partial charge on any atom is -0.331 e. The van der Waals surface area contributed by atoms with Crippen LogP contribution in [0, 0.1) is 0 Å². The van der Waals surface area contributed by atoms with Gasteiger partial charge >= 0.3 is 0 Å². The third-order valence-corrected chi connectivity index (χ3v) is 6.78. The highest BCUT2D eigenvalue weighted by molar-refractivity contribution is 8.01. The van der Waals surface area contributed by atoms with Gasteiger partial charge in [0.15, 0.2) is 4.34 Å². The van der Waals surface area contributed by atoms with Crippen LogP contribution in [-0.2, 0) is 11.3 Å². The van der Waals surface area contributed by atoms with Gasteiger partial charge in [0.05, 0.1) is 29.1 Å². The summed E-state index contributed by atoms with van der Waals surface area (Å²) in [5.74, 6) is 0.381. The summed E-state index contributed by atoms with van der Waals surface area (Å²) in [6, 6.07) is 16.3. The van der Waals surface area contributed by atoms with E-state index in [1.54, 1.807) is 16.2 Å². The zero-order valence-electron chi connectivity index (χ0n) is 14.5. The number of likely N-dealkylation sites (tertiary alicyclic amines) is 1. The number of aromatic nitrogens is 1. The fraction of sp³-hybridized carbons (Fsp3) is 0.300. The van der Waals surface area contributed by atoms with Crippen molar-refractivity contribution in [2.24, 2.45) is 0 Å². The SMILES string of the molecule is O=C(CSc1nc2ccccc2s1)Nc1ccc(C[NH+]2CCCC2)cc1. The van der Waals surface area contributed by atoms with E-state index in [1.807, 2.05) is 30.3 Å². The molecule has 2 N–H and O–H groups in total. The van der Waals surface area contributed by atoms with Crippen molar-refractivity contribution in [3.63, 3.8) is 0 Å². The molecule has 26 heavy (non-hydrogen) atoms. The molecular weight excluding hydrogens is 362 g/mol. The van der Waals surface area contributed by atoms with Crippen LogP contribution in [0.1, 0.15) is 18.4 Å². The van der Waals surface area contributed by atoms with E-state index in [0.717, 1.165) is 26.8 Å². The van der Waals surface area contributed by atoms with Crippen LogP contribution in [0.3, 0.4) is 0 Å². The van der Waals surface area contributed by atoms with E-state index in [1.165, 1.54) is 43.3 Å². The number of anilines is 1. The van der Waals surface area contributed by atoms with Crippen LogP contribution >= 0.6 is 23.1 Å². The van der Waals surface area contributed by atoms with E-state index in [-0.39, 0.29) is 5.91 Å². The molecule has 0 atom stereocenters. The summed E-state index contributed by atoms with van der Waals surface area (Å²) in [5, 5.41) is 2.98. The number of rotatable bonds is 6. The Morgan fingerprint density at radius 2 is 1.88 bits per heavy atom. The predicted molar refractivity (Wildman–Crippen MR) is 109 cm³/mol. The highest BCUT2D eigenvalue weighted by Crippen LogP contribution is 2.29. The van der Waals surface area contributed by atoms with Crippen LogP contribution in [0.2, 0.25) is 0 Å². The summed E-state index contributed by atoms with van der Waals surface area (Å²) < 4.78 is 2.09. The minimum absolute atomic E-state index is 0.00664. The zero-order chi connectivity index (χ0) is 17.8. The molecule has 0 spiro atoms. The minimum atomic E-state index is 0.00664. The van der Waals surface area contributed by atoms with Crippen molar-refractivity contribution in [1.29, 1.82) is 0 Å². The van der Waals surface area contributed by atoms with Crippen LogP contribution in [0.15, 0.2) is 52.9 Å². The number of hydrogen-bond acceptors (Lipinski definition) is 4. The van der Waals surface area contributed by atoms with Gasteiger partial charge in [-0.1, -0.05) is 36.0 Å². The Kier molecular flexibility index (Phi) is 5.53. The van der Waals surface area contributed by atoms with Gasteiger partial charge in [0.1, 0.15) is 6.54 Å². The Hall–Kier alpha value is -1.89. The summed E-state index contributed by atoms with van der Waals surface area (Å²) >= 11 is 3.12. The molecule has 1 aliphatic rings. The molecule has 1 amide bonds. The third-order valence-electron chi connectivity index (χ3n) is 4.60. The summed E-state index contributed by atoms with van der Waals surface area (Å²) in [4.78, 5) is 18.4. The number of nitrogens with one attached hydrogen (secondary N) is 2. The number of thiazole rings is 1. The molecule has 1 fully saturated rings. The first-order valence-corrected chi connectivity index (χ1v) is 10.8. The zero-order valence-corrected chi connectivity index (χ0v) is 16.2. The fourth-order valence-corrected chi connectivity index (χ4v) is 5.15. The first-order valence-electron chi connectivity index (χ1n) is 8.97. The van der Waals surface area contributed by atoms with Gasteiger partial charge < -0.3 is 10.2 Å². The maximum absolute atomic E-state index is 12.2. The van der Waals surface area contributed by atoms with E-state index < -0.39 is 0 Å². The Balaban J connectivity index is 1.28. The number of quaternary nitrogens is 1. The van der Waals surface area contributed by atoms with E-state index in [9.17, 15) is 4.79 Å². The van der Waals surface area contributed by atoms with Crippen molar-refractivity contribution in [3.8, 4) is 0 Å². The Morgan fingerprint density at radius 3 is 2.65 bits per heavy atom. The molecule has 0 radical (unpaired) electrons.